The first-order valence-corrected chi connectivity index (χ1v) is 7.72. The van der Waals surface area contributed by atoms with Gasteiger partial charge in [0.25, 0.3) is 5.91 Å². The summed E-state index contributed by atoms with van der Waals surface area (Å²) in [5, 5.41) is 16.8. The molecule has 7 nitrogen and oxygen atoms in total. The second-order valence-corrected chi connectivity index (χ2v) is 5.33. The number of hydrogen-bond donors (Lipinski definition) is 2. The third-order valence-corrected chi connectivity index (χ3v) is 3.64. The van der Waals surface area contributed by atoms with Crippen LogP contribution in [0.2, 0.25) is 0 Å². The van der Waals surface area contributed by atoms with E-state index in [4.69, 9.17) is 5.73 Å². The van der Waals surface area contributed by atoms with Gasteiger partial charge in [-0.1, -0.05) is 12.1 Å². The average molecular weight is 332 g/mol. The zero-order chi connectivity index (χ0) is 17.8. The van der Waals surface area contributed by atoms with Crippen molar-refractivity contribution in [2.75, 3.05) is 11.9 Å². The van der Waals surface area contributed by atoms with E-state index in [0.29, 0.717) is 5.82 Å². The smallest absolute Gasteiger partial charge is 0.251 e. The number of primary amides is 1. The number of nitrogens with two attached hydrogens (primary N) is 1. The fourth-order valence-electron chi connectivity index (χ4n) is 2.47. The molecule has 0 spiro atoms. The zero-order valence-electron chi connectivity index (χ0n) is 13.6. The Morgan fingerprint density at radius 2 is 2.20 bits per heavy atom. The largest absolute Gasteiger partial charge is 0.385 e. The summed E-state index contributed by atoms with van der Waals surface area (Å²) >= 11 is 0. The number of carbonyl (C=O) groups excluding carboxylic acids is 1. The van der Waals surface area contributed by atoms with Crippen molar-refractivity contribution >= 4 is 11.6 Å². The number of nitriles is 1. The van der Waals surface area contributed by atoms with Crippen molar-refractivity contribution in [3.05, 3.63) is 60.0 Å². The fraction of sp³-hybridized carbons (Fsp3) is 0.111. The SMILES string of the molecule is CCNc1cccc(-c2ccc(-n3cc(C(N)=O)cn3)nc2C#N)c1. The molecule has 0 bridgehead atoms. The molecule has 7 heteroatoms. The predicted octanol–water partition coefficient (Wildman–Crippen LogP) is 2.34. The minimum atomic E-state index is -0.566. The van der Waals surface area contributed by atoms with E-state index in [1.165, 1.54) is 17.1 Å². The van der Waals surface area contributed by atoms with Crippen molar-refractivity contribution in [2.24, 2.45) is 5.73 Å². The summed E-state index contributed by atoms with van der Waals surface area (Å²) in [5.74, 6) is -0.126. The molecular formula is C18H16N6O. The molecule has 3 rings (SSSR count). The minimum Gasteiger partial charge on any atom is -0.385 e. The average Bonchev–Trinajstić information content (AvgIpc) is 3.12. The van der Waals surface area contributed by atoms with Gasteiger partial charge < -0.3 is 11.1 Å². The summed E-state index contributed by atoms with van der Waals surface area (Å²) in [5.41, 5.74) is 8.39. The Morgan fingerprint density at radius 1 is 1.36 bits per heavy atom. The second-order valence-electron chi connectivity index (χ2n) is 5.33. The van der Waals surface area contributed by atoms with E-state index in [9.17, 15) is 10.1 Å². The normalized spacial score (nSPS) is 10.2. The highest BCUT2D eigenvalue weighted by Gasteiger charge is 2.11. The summed E-state index contributed by atoms with van der Waals surface area (Å²) in [6, 6.07) is 13.5. The molecule has 0 saturated carbocycles. The van der Waals surface area contributed by atoms with Gasteiger partial charge in [0.2, 0.25) is 0 Å². The highest BCUT2D eigenvalue weighted by atomic mass is 16.1. The van der Waals surface area contributed by atoms with Gasteiger partial charge in [-0.2, -0.15) is 10.4 Å². The Kier molecular flexibility index (Phi) is 4.44. The number of aromatic nitrogens is 3. The lowest BCUT2D eigenvalue weighted by Crippen LogP contribution is -2.09. The Morgan fingerprint density at radius 3 is 2.88 bits per heavy atom. The number of amides is 1. The number of pyridine rings is 1. The Balaban J connectivity index is 2.01. The molecule has 2 heterocycles. The number of carbonyl (C=O) groups is 1. The number of hydrogen-bond acceptors (Lipinski definition) is 5. The molecule has 124 valence electrons. The zero-order valence-corrected chi connectivity index (χ0v) is 13.6. The van der Waals surface area contributed by atoms with E-state index in [-0.39, 0.29) is 11.3 Å². The first-order chi connectivity index (χ1) is 12.1. The maximum atomic E-state index is 11.2. The molecule has 0 unspecified atom stereocenters. The van der Waals surface area contributed by atoms with Crippen LogP contribution in [0.15, 0.2) is 48.8 Å². The van der Waals surface area contributed by atoms with Crippen molar-refractivity contribution in [2.45, 2.75) is 6.92 Å². The van der Waals surface area contributed by atoms with E-state index in [2.05, 4.69) is 21.5 Å². The number of rotatable bonds is 5. The monoisotopic (exact) mass is 332 g/mol. The van der Waals surface area contributed by atoms with Crippen molar-refractivity contribution in [3.8, 4) is 23.0 Å². The van der Waals surface area contributed by atoms with Crippen LogP contribution in [-0.4, -0.2) is 27.2 Å². The highest BCUT2D eigenvalue weighted by molar-refractivity contribution is 5.92. The Bertz CT molecular complexity index is 970. The van der Waals surface area contributed by atoms with E-state index in [0.717, 1.165) is 23.4 Å². The maximum Gasteiger partial charge on any atom is 0.251 e. The van der Waals surface area contributed by atoms with Crippen molar-refractivity contribution in [1.82, 2.24) is 14.8 Å². The molecule has 0 aliphatic rings. The molecule has 0 radical (unpaired) electrons. The van der Waals surface area contributed by atoms with Gasteiger partial charge in [0.15, 0.2) is 11.5 Å². The number of nitrogens with zero attached hydrogens (tertiary/aromatic N) is 4. The van der Waals surface area contributed by atoms with Gasteiger partial charge in [0.05, 0.1) is 11.8 Å². The lowest BCUT2D eigenvalue weighted by Gasteiger charge is -2.09. The maximum absolute atomic E-state index is 11.2. The van der Waals surface area contributed by atoms with Crippen LogP contribution in [0.1, 0.15) is 23.0 Å². The van der Waals surface area contributed by atoms with Crippen LogP contribution in [0.25, 0.3) is 16.9 Å². The summed E-state index contributed by atoms with van der Waals surface area (Å²) < 4.78 is 1.42. The molecule has 0 saturated heterocycles. The number of anilines is 1. The third kappa shape index (κ3) is 3.33. The molecule has 25 heavy (non-hydrogen) atoms. The summed E-state index contributed by atoms with van der Waals surface area (Å²) in [6.07, 6.45) is 2.85. The van der Waals surface area contributed by atoms with Gasteiger partial charge in [-0.3, -0.25) is 4.79 Å². The van der Waals surface area contributed by atoms with Crippen molar-refractivity contribution < 1.29 is 4.79 Å². The van der Waals surface area contributed by atoms with Crippen molar-refractivity contribution in [3.63, 3.8) is 0 Å². The van der Waals surface area contributed by atoms with Crippen LogP contribution in [0.5, 0.6) is 0 Å². The van der Waals surface area contributed by atoms with Crippen LogP contribution in [0.4, 0.5) is 5.69 Å². The fourth-order valence-corrected chi connectivity index (χ4v) is 2.47. The summed E-state index contributed by atoms with van der Waals surface area (Å²) in [7, 11) is 0. The van der Waals surface area contributed by atoms with E-state index in [1.807, 2.05) is 37.3 Å². The van der Waals surface area contributed by atoms with Crippen LogP contribution < -0.4 is 11.1 Å². The third-order valence-electron chi connectivity index (χ3n) is 3.64. The van der Waals surface area contributed by atoms with Crippen LogP contribution in [-0.2, 0) is 0 Å². The van der Waals surface area contributed by atoms with Crippen molar-refractivity contribution in [1.29, 1.82) is 5.26 Å². The lowest BCUT2D eigenvalue weighted by atomic mass is 10.0. The van der Waals surface area contributed by atoms with Crippen LogP contribution in [0.3, 0.4) is 0 Å². The number of nitrogens with one attached hydrogen (secondary N) is 1. The number of benzene rings is 1. The topological polar surface area (TPSA) is 110 Å². The molecule has 1 amide bonds. The first kappa shape index (κ1) is 16.2. The van der Waals surface area contributed by atoms with Gasteiger partial charge in [0.1, 0.15) is 6.07 Å². The van der Waals surface area contributed by atoms with Crippen LogP contribution >= 0.6 is 0 Å². The molecule has 3 N–H and O–H groups in total. The molecule has 3 aromatic rings. The predicted molar refractivity (Wildman–Crippen MR) is 94.2 cm³/mol. The highest BCUT2D eigenvalue weighted by Crippen LogP contribution is 2.26. The van der Waals surface area contributed by atoms with Gasteiger partial charge in [-0.05, 0) is 36.8 Å². The quantitative estimate of drug-likeness (QED) is 0.745. The Hall–Kier alpha value is -3.66. The molecule has 0 fully saturated rings. The molecule has 1 aromatic carbocycles. The lowest BCUT2D eigenvalue weighted by molar-refractivity contribution is 0.100. The second kappa shape index (κ2) is 6.84. The van der Waals surface area contributed by atoms with E-state index >= 15 is 0 Å². The molecular weight excluding hydrogens is 316 g/mol. The van der Waals surface area contributed by atoms with Crippen LogP contribution in [0, 0.1) is 11.3 Å². The van der Waals surface area contributed by atoms with Gasteiger partial charge >= 0.3 is 0 Å². The summed E-state index contributed by atoms with van der Waals surface area (Å²) in [4.78, 5) is 15.5. The minimum absolute atomic E-state index is 0.280. The molecule has 0 aliphatic heterocycles. The van der Waals surface area contributed by atoms with E-state index < -0.39 is 5.91 Å². The van der Waals surface area contributed by atoms with Gasteiger partial charge in [-0.25, -0.2) is 9.67 Å². The van der Waals surface area contributed by atoms with Gasteiger partial charge in [-0.15, -0.1) is 0 Å². The molecule has 2 aromatic heterocycles. The molecule has 0 aliphatic carbocycles. The van der Waals surface area contributed by atoms with Gasteiger partial charge in [0, 0.05) is 24.0 Å². The standard InChI is InChI=1S/C18H16N6O/c1-2-21-14-5-3-4-12(8-14)15-6-7-17(23-16(15)9-19)24-11-13(10-22-24)18(20)25/h3-8,10-11,21H,2H2,1H3,(H2,20,25). The summed E-state index contributed by atoms with van der Waals surface area (Å²) in [6.45, 7) is 2.83. The molecule has 0 atom stereocenters. The first-order valence-electron chi connectivity index (χ1n) is 7.72. The Labute approximate surface area is 144 Å². The van der Waals surface area contributed by atoms with E-state index in [1.54, 1.807) is 6.07 Å².